The molecule has 0 fully saturated rings. The van der Waals surface area contributed by atoms with E-state index in [1.165, 1.54) is 122 Å². The van der Waals surface area contributed by atoms with Crippen molar-refractivity contribution in [2.24, 2.45) is 0 Å². The number of phenolic OH excluding ortho intramolecular Hbond substituents is 3. The van der Waals surface area contributed by atoms with E-state index >= 15 is 0 Å². The number of esters is 1. The monoisotopic (exact) mass is 689 g/mol. The molecule has 0 aliphatic rings. The second-order valence-corrected chi connectivity index (χ2v) is 14.5. The second kappa shape index (κ2) is 24.9. The summed E-state index contributed by atoms with van der Waals surface area (Å²) in [4.78, 5) is 13.5. The first kappa shape index (κ1) is 41.2. The average molecular weight is 689 g/mol. The number of benzene rings is 3. The van der Waals surface area contributed by atoms with Crippen LogP contribution in [-0.2, 0) is 12.8 Å². The van der Waals surface area contributed by atoms with Crippen molar-refractivity contribution >= 4 is 16.7 Å². The zero-order valence-corrected chi connectivity index (χ0v) is 31.6. The van der Waals surface area contributed by atoms with E-state index in [1.54, 1.807) is 18.2 Å². The number of rotatable bonds is 28. The Labute approximate surface area is 303 Å². The van der Waals surface area contributed by atoms with Gasteiger partial charge in [-0.2, -0.15) is 0 Å². The Balaban J connectivity index is 1.47. The van der Waals surface area contributed by atoms with Gasteiger partial charge >= 0.3 is 5.97 Å². The average Bonchev–Trinajstić information content (AvgIpc) is 3.12. The van der Waals surface area contributed by atoms with Crippen LogP contribution in [0.15, 0.2) is 42.5 Å². The molecule has 50 heavy (non-hydrogen) atoms. The maximum atomic E-state index is 13.5. The highest BCUT2D eigenvalue weighted by Gasteiger charge is 2.25. The number of para-hydroxylation sites is 1. The molecule has 0 heterocycles. The van der Waals surface area contributed by atoms with E-state index in [1.807, 2.05) is 24.3 Å². The van der Waals surface area contributed by atoms with E-state index in [2.05, 4.69) is 13.8 Å². The summed E-state index contributed by atoms with van der Waals surface area (Å²) in [5.74, 6) is -1.50. The van der Waals surface area contributed by atoms with E-state index in [9.17, 15) is 20.1 Å². The third kappa shape index (κ3) is 14.2. The van der Waals surface area contributed by atoms with Crippen molar-refractivity contribution in [3.8, 4) is 23.0 Å². The lowest BCUT2D eigenvalue weighted by Gasteiger charge is -2.16. The summed E-state index contributed by atoms with van der Waals surface area (Å²) in [6.07, 6.45) is 31.6. The van der Waals surface area contributed by atoms with Crippen LogP contribution in [0.25, 0.3) is 10.8 Å². The standard InChI is InChI=1S/C45H68O5/c1-3-5-7-9-11-13-15-16-17-18-19-21-23-25-30-36-31-29-35-40(42(36)46)50-45(49)41-38-33-28-27-32-37(38)39(43(47)44(41)48)34-26-24-22-20-14-12-10-8-6-4-2/h27-29,31-33,35,46-48H,3-26,30,34H2,1-2H3. The largest absolute Gasteiger partial charge is 0.504 e. The Morgan fingerprint density at radius 2 is 0.920 bits per heavy atom. The summed E-state index contributed by atoms with van der Waals surface area (Å²) in [5, 5.41) is 34.5. The lowest BCUT2D eigenvalue weighted by atomic mass is 9.93. The van der Waals surface area contributed by atoms with Gasteiger partial charge in [0.15, 0.2) is 23.0 Å². The van der Waals surface area contributed by atoms with Crippen LogP contribution in [0.1, 0.15) is 189 Å². The molecule has 0 aliphatic heterocycles. The molecule has 0 unspecified atom stereocenters. The zero-order chi connectivity index (χ0) is 35.8. The predicted molar refractivity (Wildman–Crippen MR) is 210 cm³/mol. The smallest absolute Gasteiger partial charge is 0.348 e. The van der Waals surface area contributed by atoms with Crippen molar-refractivity contribution in [3.05, 3.63) is 59.2 Å². The minimum atomic E-state index is -0.802. The van der Waals surface area contributed by atoms with Gasteiger partial charge in [0.1, 0.15) is 5.56 Å². The number of phenols is 3. The van der Waals surface area contributed by atoms with E-state index in [0.717, 1.165) is 43.1 Å². The molecule has 0 aliphatic carbocycles. The number of hydrogen-bond donors (Lipinski definition) is 3. The minimum Gasteiger partial charge on any atom is -0.504 e. The molecule has 278 valence electrons. The van der Waals surface area contributed by atoms with Gasteiger partial charge in [0, 0.05) is 10.9 Å². The Bertz CT molecular complexity index is 1380. The molecular weight excluding hydrogens is 620 g/mol. The van der Waals surface area contributed by atoms with Gasteiger partial charge in [-0.05, 0) is 42.7 Å². The fraction of sp³-hybridized carbons (Fsp3) is 0.622. The fourth-order valence-corrected chi connectivity index (χ4v) is 7.24. The number of carbonyl (C=O) groups is 1. The topological polar surface area (TPSA) is 87.0 Å². The molecule has 3 aromatic carbocycles. The number of hydrogen-bond acceptors (Lipinski definition) is 5. The molecule has 0 amide bonds. The van der Waals surface area contributed by atoms with Crippen molar-refractivity contribution in [1.29, 1.82) is 0 Å². The fourth-order valence-electron chi connectivity index (χ4n) is 7.24. The highest BCUT2D eigenvalue weighted by molar-refractivity contribution is 6.10. The molecule has 0 saturated carbocycles. The Morgan fingerprint density at radius 1 is 0.480 bits per heavy atom. The first-order chi connectivity index (χ1) is 24.5. The van der Waals surface area contributed by atoms with E-state index in [4.69, 9.17) is 4.74 Å². The molecule has 0 aromatic heterocycles. The van der Waals surface area contributed by atoms with Crippen LogP contribution in [0, 0.1) is 0 Å². The lowest BCUT2D eigenvalue weighted by molar-refractivity contribution is 0.0727. The molecular formula is C45H68O5. The quantitative estimate of drug-likeness (QED) is 0.0306. The summed E-state index contributed by atoms with van der Waals surface area (Å²) in [6.45, 7) is 4.51. The summed E-state index contributed by atoms with van der Waals surface area (Å²) in [7, 11) is 0. The number of aromatic hydroxyl groups is 3. The second-order valence-electron chi connectivity index (χ2n) is 14.5. The van der Waals surface area contributed by atoms with Gasteiger partial charge in [-0.25, -0.2) is 4.79 Å². The third-order valence-corrected chi connectivity index (χ3v) is 10.3. The molecule has 0 bridgehead atoms. The first-order valence-corrected chi connectivity index (χ1v) is 20.5. The Hall–Kier alpha value is -3.21. The maximum absolute atomic E-state index is 13.5. The SMILES string of the molecule is CCCCCCCCCCCCCCCCc1cccc(OC(=O)c2c(O)c(O)c(CCCCCCCCCCCC)c3ccccc23)c1O. The first-order valence-electron chi connectivity index (χ1n) is 20.5. The van der Waals surface area contributed by atoms with E-state index in [-0.39, 0.29) is 22.8 Å². The van der Waals surface area contributed by atoms with Crippen LogP contribution in [0.3, 0.4) is 0 Å². The van der Waals surface area contributed by atoms with Crippen LogP contribution >= 0.6 is 0 Å². The zero-order valence-electron chi connectivity index (χ0n) is 31.6. The van der Waals surface area contributed by atoms with Crippen molar-refractivity contribution in [3.63, 3.8) is 0 Å². The van der Waals surface area contributed by atoms with Crippen LogP contribution < -0.4 is 4.74 Å². The Morgan fingerprint density at radius 3 is 1.42 bits per heavy atom. The number of fused-ring (bicyclic) bond motifs is 1. The molecule has 3 rings (SSSR count). The van der Waals surface area contributed by atoms with Gasteiger partial charge in [-0.1, -0.05) is 192 Å². The van der Waals surface area contributed by atoms with Gasteiger partial charge in [-0.15, -0.1) is 0 Å². The van der Waals surface area contributed by atoms with Crippen molar-refractivity contribution in [2.75, 3.05) is 0 Å². The number of carbonyl (C=O) groups excluding carboxylic acids is 1. The highest BCUT2D eigenvalue weighted by atomic mass is 16.5. The van der Waals surface area contributed by atoms with Gasteiger partial charge in [0.05, 0.1) is 0 Å². The van der Waals surface area contributed by atoms with Crippen molar-refractivity contribution in [1.82, 2.24) is 0 Å². The molecule has 0 saturated heterocycles. The molecule has 3 N–H and O–H groups in total. The van der Waals surface area contributed by atoms with Crippen LogP contribution in [0.5, 0.6) is 23.0 Å². The van der Waals surface area contributed by atoms with Crippen LogP contribution in [0.4, 0.5) is 0 Å². The molecule has 0 radical (unpaired) electrons. The summed E-state index contributed by atoms with van der Waals surface area (Å²) < 4.78 is 5.69. The number of unbranched alkanes of at least 4 members (excludes halogenated alkanes) is 22. The van der Waals surface area contributed by atoms with Crippen LogP contribution in [0.2, 0.25) is 0 Å². The number of ether oxygens (including phenoxy) is 1. The van der Waals surface area contributed by atoms with Gasteiger partial charge in [-0.3, -0.25) is 0 Å². The maximum Gasteiger partial charge on any atom is 0.348 e. The molecule has 5 nitrogen and oxygen atoms in total. The van der Waals surface area contributed by atoms with Gasteiger partial charge in [0.2, 0.25) is 0 Å². The summed E-state index contributed by atoms with van der Waals surface area (Å²) >= 11 is 0. The molecule has 3 aromatic rings. The summed E-state index contributed by atoms with van der Waals surface area (Å²) in [5.41, 5.74) is 1.33. The lowest BCUT2D eigenvalue weighted by Crippen LogP contribution is -2.11. The summed E-state index contributed by atoms with van der Waals surface area (Å²) in [6, 6.07) is 12.6. The van der Waals surface area contributed by atoms with Gasteiger partial charge in [0.25, 0.3) is 0 Å². The van der Waals surface area contributed by atoms with Crippen molar-refractivity contribution < 1.29 is 24.9 Å². The minimum absolute atomic E-state index is 0.0406. The molecule has 0 atom stereocenters. The molecule has 0 spiro atoms. The Kier molecular flexibility index (Phi) is 20.5. The third-order valence-electron chi connectivity index (χ3n) is 10.3. The highest BCUT2D eigenvalue weighted by Crippen LogP contribution is 2.42. The predicted octanol–water partition coefficient (Wildman–Crippen LogP) is 13.7. The number of aryl methyl sites for hydroxylation is 2. The van der Waals surface area contributed by atoms with E-state index < -0.39 is 11.7 Å². The van der Waals surface area contributed by atoms with Gasteiger partial charge < -0.3 is 20.1 Å². The van der Waals surface area contributed by atoms with E-state index in [0.29, 0.717) is 23.8 Å². The van der Waals surface area contributed by atoms with Crippen LogP contribution in [-0.4, -0.2) is 21.3 Å². The molecule has 5 heteroatoms. The van der Waals surface area contributed by atoms with Crippen molar-refractivity contribution in [2.45, 2.75) is 181 Å². The normalized spacial score (nSPS) is 11.4.